The van der Waals surface area contributed by atoms with Crippen LogP contribution in [0.2, 0.25) is 0 Å². The second-order valence-electron chi connectivity index (χ2n) is 6.87. The van der Waals surface area contributed by atoms with E-state index in [9.17, 15) is 0 Å². The minimum atomic E-state index is 0.624. The molecule has 2 N–H and O–H groups in total. The molecule has 0 unspecified atom stereocenters. The van der Waals surface area contributed by atoms with Gasteiger partial charge in [0.15, 0.2) is 0 Å². The van der Waals surface area contributed by atoms with E-state index in [4.69, 9.17) is 0 Å². The Labute approximate surface area is 134 Å². The molecule has 2 atom stereocenters. The minimum Gasteiger partial charge on any atom is -0.367 e. The topological polar surface area (TPSA) is 40.2 Å². The van der Waals surface area contributed by atoms with Crippen LogP contribution in [-0.2, 0) is 6.42 Å². The Kier molecular flexibility index (Phi) is 5.68. The molecule has 0 bridgehead atoms. The number of hydrogen-bond acceptors (Lipinski definition) is 4. The summed E-state index contributed by atoms with van der Waals surface area (Å²) in [6.45, 7) is 3.61. The summed E-state index contributed by atoms with van der Waals surface area (Å²) in [6, 6.07) is 5.62. The highest BCUT2D eigenvalue weighted by Gasteiger charge is 2.19. The first-order valence-corrected chi connectivity index (χ1v) is 8.94. The standard InChI is InChI=1S/C18H30N4/c1-22(17-10-12-19-14-17)13-4-2-3-7-16-9-8-15-6-5-11-20-18(15)21-16/h5-6,11,16-17,19H,2-4,7-10,12-14H2,1H3,(H,20,21)/t16-,17-/m1/s1. The van der Waals surface area contributed by atoms with Crippen molar-refractivity contribution in [2.75, 3.05) is 32.0 Å². The zero-order valence-electron chi connectivity index (χ0n) is 13.9. The molecular weight excluding hydrogens is 272 g/mol. The Morgan fingerprint density at radius 2 is 2.23 bits per heavy atom. The van der Waals surface area contributed by atoms with Gasteiger partial charge in [0, 0.05) is 24.8 Å². The molecule has 0 aromatic carbocycles. The SMILES string of the molecule is CN(CCCCC[C@@H]1CCc2cccnc2N1)[C@@H]1CCNC1. The van der Waals surface area contributed by atoms with Crippen LogP contribution >= 0.6 is 0 Å². The number of pyridine rings is 1. The molecule has 4 nitrogen and oxygen atoms in total. The van der Waals surface area contributed by atoms with Crippen molar-refractivity contribution < 1.29 is 0 Å². The third-order valence-electron chi connectivity index (χ3n) is 5.22. The largest absolute Gasteiger partial charge is 0.367 e. The fourth-order valence-electron chi connectivity index (χ4n) is 3.71. The lowest BCUT2D eigenvalue weighted by atomic mass is 9.97. The highest BCUT2D eigenvalue weighted by atomic mass is 15.2. The molecule has 0 spiro atoms. The number of fused-ring (bicyclic) bond motifs is 1. The van der Waals surface area contributed by atoms with Crippen molar-refractivity contribution in [1.29, 1.82) is 0 Å². The predicted octanol–water partition coefficient (Wildman–Crippen LogP) is 2.66. The minimum absolute atomic E-state index is 0.624. The average molecular weight is 302 g/mol. The summed E-state index contributed by atoms with van der Waals surface area (Å²) in [6.07, 6.45) is 10.9. The van der Waals surface area contributed by atoms with Crippen molar-refractivity contribution in [2.24, 2.45) is 0 Å². The van der Waals surface area contributed by atoms with E-state index >= 15 is 0 Å². The summed E-state index contributed by atoms with van der Waals surface area (Å²) in [5.41, 5.74) is 1.38. The number of likely N-dealkylation sites (N-methyl/N-ethyl adjacent to an activating group) is 1. The van der Waals surface area contributed by atoms with E-state index in [1.54, 1.807) is 0 Å². The third-order valence-corrected chi connectivity index (χ3v) is 5.22. The summed E-state index contributed by atoms with van der Waals surface area (Å²) < 4.78 is 0. The van der Waals surface area contributed by atoms with Gasteiger partial charge in [-0.1, -0.05) is 18.9 Å². The van der Waals surface area contributed by atoms with Gasteiger partial charge in [-0.3, -0.25) is 0 Å². The van der Waals surface area contributed by atoms with Crippen molar-refractivity contribution >= 4 is 5.82 Å². The predicted molar refractivity (Wildman–Crippen MR) is 92.3 cm³/mol. The molecule has 1 fully saturated rings. The van der Waals surface area contributed by atoms with Crippen LogP contribution in [-0.4, -0.2) is 48.6 Å². The molecule has 0 saturated carbocycles. The second kappa shape index (κ2) is 7.93. The quantitative estimate of drug-likeness (QED) is 0.760. The van der Waals surface area contributed by atoms with Gasteiger partial charge in [-0.05, 0) is 63.9 Å². The Morgan fingerprint density at radius 3 is 3.09 bits per heavy atom. The van der Waals surface area contributed by atoms with Gasteiger partial charge < -0.3 is 15.5 Å². The maximum absolute atomic E-state index is 4.46. The van der Waals surface area contributed by atoms with Crippen molar-refractivity contribution in [2.45, 2.75) is 57.0 Å². The van der Waals surface area contributed by atoms with Crippen LogP contribution in [0.15, 0.2) is 18.3 Å². The van der Waals surface area contributed by atoms with Gasteiger partial charge in [-0.15, -0.1) is 0 Å². The van der Waals surface area contributed by atoms with Crippen molar-refractivity contribution in [1.82, 2.24) is 15.2 Å². The van der Waals surface area contributed by atoms with Crippen LogP contribution in [0.4, 0.5) is 5.82 Å². The van der Waals surface area contributed by atoms with Crippen LogP contribution < -0.4 is 10.6 Å². The first-order valence-electron chi connectivity index (χ1n) is 8.94. The molecule has 0 amide bonds. The summed E-state index contributed by atoms with van der Waals surface area (Å²) in [4.78, 5) is 7.00. The van der Waals surface area contributed by atoms with Crippen LogP contribution in [0.5, 0.6) is 0 Å². The lowest BCUT2D eigenvalue weighted by Crippen LogP contribution is -2.34. The Morgan fingerprint density at radius 1 is 1.27 bits per heavy atom. The normalized spacial score (nSPS) is 24.3. The van der Waals surface area contributed by atoms with E-state index < -0.39 is 0 Å². The van der Waals surface area contributed by atoms with E-state index in [0.29, 0.717) is 6.04 Å². The number of rotatable bonds is 7. The van der Waals surface area contributed by atoms with E-state index in [1.165, 1.54) is 70.1 Å². The van der Waals surface area contributed by atoms with Gasteiger partial charge in [0.1, 0.15) is 5.82 Å². The molecule has 1 aromatic rings. The average Bonchev–Trinajstić information content (AvgIpc) is 3.09. The number of hydrogen-bond donors (Lipinski definition) is 2. The third kappa shape index (κ3) is 4.20. The van der Waals surface area contributed by atoms with Gasteiger partial charge in [0.05, 0.1) is 0 Å². The van der Waals surface area contributed by atoms with E-state index in [0.717, 1.165) is 11.9 Å². The molecule has 3 rings (SSSR count). The molecule has 4 heteroatoms. The molecule has 1 saturated heterocycles. The van der Waals surface area contributed by atoms with Crippen molar-refractivity contribution in [3.63, 3.8) is 0 Å². The molecular formula is C18H30N4. The molecule has 2 aliphatic heterocycles. The Hall–Kier alpha value is -1.13. The zero-order chi connectivity index (χ0) is 15.2. The smallest absolute Gasteiger partial charge is 0.129 e. The van der Waals surface area contributed by atoms with E-state index in [2.05, 4.69) is 33.6 Å². The zero-order valence-corrected chi connectivity index (χ0v) is 13.9. The molecule has 1 aromatic heterocycles. The fourth-order valence-corrected chi connectivity index (χ4v) is 3.71. The van der Waals surface area contributed by atoms with Gasteiger partial charge in [-0.25, -0.2) is 4.98 Å². The number of nitrogens with zero attached hydrogens (tertiary/aromatic N) is 2. The lowest BCUT2D eigenvalue weighted by Gasteiger charge is -2.26. The Bertz CT molecular complexity index is 456. The second-order valence-corrected chi connectivity index (χ2v) is 6.87. The monoisotopic (exact) mass is 302 g/mol. The number of anilines is 1. The van der Waals surface area contributed by atoms with E-state index in [1.807, 2.05) is 12.3 Å². The number of nitrogens with one attached hydrogen (secondary N) is 2. The molecule has 22 heavy (non-hydrogen) atoms. The van der Waals surface area contributed by atoms with Crippen LogP contribution in [0.3, 0.4) is 0 Å². The highest BCUT2D eigenvalue weighted by molar-refractivity contribution is 5.46. The number of unbranched alkanes of at least 4 members (excludes halogenated alkanes) is 2. The first kappa shape index (κ1) is 15.8. The van der Waals surface area contributed by atoms with Crippen LogP contribution in [0, 0.1) is 0 Å². The summed E-state index contributed by atoms with van der Waals surface area (Å²) in [7, 11) is 2.28. The van der Waals surface area contributed by atoms with E-state index in [-0.39, 0.29) is 0 Å². The molecule has 3 heterocycles. The molecule has 0 aliphatic carbocycles. The van der Waals surface area contributed by atoms with Gasteiger partial charge in [-0.2, -0.15) is 0 Å². The first-order chi connectivity index (χ1) is 10.8. The Balaban J connectivity index is 1.29. The van der Waals surface area contributed by atoms with Gasteiger partial charge >= 0.3 is 0 Å². The number of aryl methyl sites for hydroxylation is 1. The maximum Gasteiger partial charge on any atom is 0.129 e. The summed E-state index contributed by atoms with van der Waals surface area (Å²) in [5, 5.41) is 7.06. The van der Waals surface area contributed by atoms with Gasteiger partial charge in [0.25, 0.3) is 0 Å². The fraction of sp³-hybridized carbons (Fsp3) is 0.722. The van der Waals surface area contributed by atoms with Gasteiger partial charge in [0.2, 0.25) is 0 Å². The lowest BCUT2D eigenvalue weighted by molar-refractivity contribution is 0.251. The maximum atomic E-state index is 4.46. The van der Waals surface area contributed by atoms with Crippen molar-refractivity contribution in [3.8, 4) is 0 Å². The molecule has 122 valence electrons. The summed E-state index contributed by atoms with van der Waals surface area (Å²) in [5.74, 6) is 1.12. The number of aromatic nitrogens is 1. The highest BCUT2D eigenvalue weighted by Crippen LogP contribution is 2.24. The summed E-state index contributed by atoms with van der Waals surface area (Å²) >= 11 is 0. The molecule has 2 aliphatic rings. The van der Waals surface area contributed by atoms with Crippen LogP contribution in [0.25, 0.3) is 0 Å². The van der Waals surface area contributed by atoms with Crippen molar-refractivity contribution in [3.05, 3.63) is 23.9 Å². The van der Waals surface area contributed by atoms with Crippen LogP contribution in [0.1, 0.15) is 44.1 Å². The molecule has 0 radical (unpaired) electrons.